The van der Waals surface area contributed by atoms with Crippen molar-refractivity contribution in [3.05, 3.63) is 0 Å². The van der Waals surface area contributed by atoms with Gasteiger partial charge in [0.15, 0.2) is 0 Å². The van der Waals surface area contributed by atoms with Crippen LogP contribution in [-0.2, 0) is 9.53 Å². The van der Waals surface area contributed by atoms with Crippen LogP contribution in [0.2, 0.25) is 0 Å². The predicted octanol–water partition coefficient (Wildman–Crippen LogP) is 0.527. The molecule has 16 heavy (non-hydrogen) atoms. The topological polar surface area (TPSA) is 50.4 Å². The van der Waals surface area contributed by atoms with Gasteiger partial charge >= 0.3 is 0 Å². The van der Waals surface area contributed by atoms with Crippen LogP contribution in [0.25, 0.3) is 0 Å². The number of ether oxygens (including phenoxy) is 1. The molecule has 1 amide bonds. The van der Waals surface area contributed by atoms with Gasteiger partial charge in [-0.1, -0.05) is 12.8 Å². The molecule has 2 fully saturated rings. The lowest BCUT2D eigenvalue weighted by Crippen LogP contribution is -2.43. The maximum atomic E-state index is 11.9. The van der Waals surface area contributed by atoms with E-state index in [4.69, 9.17) is 4.74 Å². The van der Waals surface area contributed by atoms with E-state index >= 15 is 0 Å². The quantitative estimate of drug-likeness (QED) is 0.735. The van der Waals surface area contributed by atoms with Crippen LogP contribution < -0.4 is 10.6 Å². The number of amides is 1. The molecule has 0 aromatic rings. The van der Waals surface area contributed by atoms with Crippen molar-refractivity contribution < 1.29 is 9.53 Å². The molecule has 0 spiro atoms. The summed E-state index contributed by atoms with van der Waals surface area (Å²) in [5.74, 6) is 0.856. The summed E-state index contributed by atoms with van der Waals surface area (Å²) in [7, 11) is 1.89. The maximum Gasteiger partial charge on any atom is 0.227 e. The van der Waals surface area contributed by atoms with Crippen molar-refractivity contribution in [1.82, 2.24) is 10.6 Å². The van der Waals surface area contributed by atoms with Crippen LogP contribution in [0.1, 0.15) is 25.7 Å². The molecule has 2 unspecified atom stereocenters. The molecular formula is C12H22N2O2. The van der Waals surface area contributed by atoms with Crippen LogP contribution >= 0.6 is 0 Å². The summed E-state index contributed by atoms with van der Waals surface area (Å²) in [6.07, 6.45) is 5.20. The molecule has 4 heteroatoms. The maximum absolute atomic E-state index is 11.9. The summed E-state index contributed by atoms with van der Waals surface area (Å²) in [4.78, 5) is 11.9. The van der Waals surface area contributed by atoms with Gasteiger partial charge in [-0.05, 0) is 25.8 Å². The first kappa shape index (κ1) is 11.9. The van der Waals surface area contributed by atoms with Crippen LogP contribution in [0.4, 0.5) is 0 Å². The van der Waals surface area contributed by atoms with E-state index in [0.717, 1.165) is 6.54 Å². The smallest absolute Gasteiger partial charge is 0.227 e. The first-order valence-corrected chi connectivity index (χ1v) is 6.34. The van der Waals surface area contributed by atoms with Gasteiger partial charge in [0.05, 0.1) is 19.1 Å². The van der Waals surface area contributed by atoms with E-state index in [1.165, 1.54) is 25.7 Å². The largest absolute Gasteiger partial charge is 0.379 e. The summed E-state index contributed by atoms with van der Waals surface area (Å²) < 4.78 is 5.33. The molecule has 1 heterocycles. The Morgan fingerprint density at radius 1 is 1.31 bits per heavy atom. The SMILES string of the molecule is CNC1COCC1C(=O)NCC1CCCC1. The molecule has 1 saturated heterocycles. The predicted molar refractivity (Wildman–Crippen MR) is 62.1 cm³/mol. The van der Waals surface area contributed by atoms with Crippen molar-refractivity contribution in [3.63, 3.8) is 0 Å². The van der Waals surface area contributed by atoms with Crippen molar-refractivity contribution in [3.8, 4) is 0 Å². The number of carbonyl (C=O) groups is 1. The van der Waals surface area contributed by atoms with Crippen LogP contribution in [0.3, 0.4) is 0 Å². The Morgan fingerprint density at radius 2 is 2.06 bits per heavy atom. The highest BCUT2D eigenvalue weighted by Gasteiger charge is 2.33. The van der Waals surface area contributed by atoms with Gasteiger partial charge in [-0.25, -0.2) is 0 Å². The zero-order valence-corrected chi connectivity index (χ0v) is 10.00. The Morgan fingerprint density at radius 3 is 2.75 bits per heavy atom. The van der Waals surface area contributed by atoms with Crippen LogP contribution in [0.5, 0.6) is 0 Å². The normalized spacial score (nSPS) is 30.8. The Bertz CT molecular complexity index is 239. The van der Waals surface area contributed by atoms with E-state index in [2.05, 4.69) is 10.6 Å². The van der Waals surface area contributed by atoms with E-state index in [1.54, 1.807) is 0 Å². The first-order valence-electron chi connectivity index (χ1n) is 6.34. The van der Waals surface area contributed by atoms with Crippen LogP contribution in [-0.4, -0.2) is 38.8 Å². The first-order chi connectivity index (χ1) is 7.81. The second kappa shape index (κ2) is 5.64. The van der Waals surface area contributed by atoms with Crippen LogP contribution in [0, 0.1) is 11.8 Å². The fourth-order valence-corrected chi connectivity index (χ4v) is 2.69. The minimum Gasteiger partial charge on any atom is -0.379 e. The number of likely N-dealkylation sites (N-methyl/N-ethyl adjacent to an activating group) is 1. The fourth-order valence-electron chi connectivity index (χ4n) is 2.69. The summed E-state index contributed by atoms with van der Waals surface area (Å²) in [6, 6.07) is 0.184. The standard InChI is InChI=1S/C12H22N2O2/c1-13-11-8-16-7-10(11)12(15)14-6-9-4-2-3-5-9/h9-11,13H,2-8H2,1H3,(H,14,15). The van der Waals surface area contributed by atoms with E-state index in [9.17, 15) is 4.79 Å². The number of hydrogen-bond acceptors (Lipinski definition) is 3. The van der Waals surface area contributed by atoms with Crippen molar-refractivity contribution >= 4 is 5.91 Å². The molecule has 1 aliphatic heterocycles. The minimum absolute atomic E-state index is 0.00796. The number of hydrogen-bond donors (Lipinski definition) is 2. The van der Waals surface area contributed by atoms with Gasteiger partial charge in [-0.3, -0.25) is 4.79 Å². The highest BCUT2D eigenvalue weighted by Crippen LogP contribution is 2.24. The lowest BCUT2D eigenvalue weighted by Gasteiger charge is -2.18. The third-order valence-electron chi connectivity index (χ3n) is 3.83. The van der Waals surface area contributed by atoms with Gasteiger partial charge in [-0.15, -0.1) is 0 Å². The monoisotopic (exact) mass is 226 g/mol. The van der Waals surface area contributed by atoms with Gasteiger partial charge in [0.1, 0.15) is 0 Å². The molecule has 0 aromatic carbocycles. The van der Waals surface area contributed by atoms with E-state index in [-0.39, 0.29) is 17.9 Å². The zero-order valence-electron chi connectivity index (χ0n) is 10.00. The number of nitrogens with one attached hydrogen (secondary N) is 2. The lowest BCUT2D eigenvalue weighted by molar-refractivity contribution is -0.125. The van der Waals surface area contributed by atoms with Crippen LogP contribution in [0.15, 0.2) is 0 Å². The Kier molecular flexibility index (Phi) is 4.18. The molecule has 1 aliphatic carbocycles. The average Bonchev–Trinajstić information content (AvgIpc) is 2.96. The Labute approximate surface area is 97.1 Å². The van der Waals surface area contributed by atoms with Crippen molar-refractivity contribution in [1.29, 1.82) is 0 Å². The van der Waals surface area contributed by atoms with Gasteiger partial charge in [-0.2, -0.15) is 0 Å². The Balaban J connectivity index is 1.74. The van der Waals surface area contributed by atoms with Gasteiger partial charge in [0, 0.05) is 12.6 Å². The summed E-state index contributed by atoms with van der Waals surface area (Å²) in [5.41, 5.74) is 0. The molecule has 4 nitrogen and oxygen atoms in total. The molecule has 1 saturated carbocycles. The molecule has 2 atom stereocenters. The third kappa shape index (κ3) is 2.74. The van der Waals surface area contributed by atoms with Gasteiger partial charge in [0.25, 0.3) is 0 Å². The molecule has 2 N–H and O–H groups in total. The summed E-state index contributed by atoms with van der Waals surface area (Å²) in [5, 5.41) is 6.21. The molecule has 92 valence electrons. The van der Waals surface area contributed by atoms with E-state index < -0.39 is 0 Å². The lowest BCUT2D eigenvalue weighted by atomic mass is 10.0. The highest BCUT2D eigenvalue weighted by molar-refractivity contribution is 5.79. The van der Waals surface area contributed by atoms with Crippen molar-refractivity contribution in [2.45, 2.75) is 31.7 Å². The van der Waals surface area contributed by atoms with Crippen molar-refractivity contribution in [2.75, 3.05) is 26.8 Å². The van der Waals surface area contributed by atoms with Gasteiger partial charge < -0.3 is 15.4 Å². The van der Waals surface area contributed by atoms with E-state index in [1.807, 2.05) is 7.05 Å². The molecule has 2 rings (SSSR count). The summed E-state index contributed by atoms with van der Waals surface area (Å²) >= 11 is 0. The average molecular weight is 226 g/mol. The van der Waals surface area contributed by atoms with E-state index in [0.29, 0.717) is 19.1 Å². The number of rotatable bonds is 4. The molecule has 2 aliphatic rings. The minimum atomic E-state index is -0.00796. The van der Waals surface area contributed by atoms with Crippen molar-refractivity contribution in [2.24, 2.45) is 11.8 Å². The summed E-state index contributed by atoms with van der Waals surface area (Å²) in [6.45, 7) is 2.06. The Hall–Kier alpha value is -0.610. The molecule has 0 bridgehead atoms. The molecular weight excluding hydrogens is 204 g/mol. The molecule has 0 radical (unpaired) electrons. The third-order valence-corrected chi connectivity index (χ3v) is 3.83. The fraction of sp³-hybridized carbons (Fsp3) is 0.917. The molecule has 0 aromatic heterocycles. The van der Waals surface area contributed by atoms with Gasteiger partial charge in [0.2, 0.25) is 5.91 Å². The highest BCUT2D eigenvalue weighted by atomic mass is 16.5. The number of carbonyl (C=O) groups excluding carboxylic acids is 1. The second-order valence-corrected chi connectivity index (χ2v) is 4.93. The second-order valence-electron chi connectivity index (χ2n) is 4.93. The zero-order chi connectivity index (χ0) is 11.4.